The lowest BCUT2D eigenvalue weighted by Crippen LogP contribution is -2.46. The van der Waals surface area contributed by atoms with Crippen molar-refractivity contribution in [1.82, 2.24) is 20.5 Å². The fourth-order valence-electron chi connectivity index (χ4n) is 3.22. The Morgan fingerprint density at radius 2 is 1.90 bits per heavy atom. The first-order valence-electron chi connectivity index (χ1n) is 9.51. The fourth-order valence-corrected chi connectivity index (χ4v) is 3.22. The summed E-state index contributed by atoms with van der Waals surface area (Å²) in [5, 5.41) is 6.59. The fraction of sp³-hybridized carbons (Fsp3) is 0.500. The Balaban J connectivity index is 0.00000300. The number of hydrogen-bond donors (Lipinski definition) is 2. The smallest absolute Gasteiger partial charge is 0.214 e. The Morgan fingerprint density at radius 1 is 1.21 bits per heavy atom. The number of oxazole rings is 1. The molecule has 1 aromatic carbocycles. The second-order valence-corrected chi connectivity index (χ2v) is 6.77. The molecule has 160 valence electrons. The van der Waals surface area contributed by atoms with Crippen LogP contribution < -0.4 is 10.6 Å². The van der Waals surface area contributed by atoms with Crippen molar-refractivity contribution in [3.8, 4) is 0 Å². The maximum atomic E-state index is 13.4. The second kappa shape index (κ2) is 11.5. The van der Waals surface area contributed by atoms with Gasteiger partial charge in [-0.3, -0.25) is 9.89 Å². The third kappa shape index (κ3) is 6.65. The highest BCUT2D eigenvalue weighted by atomic mass is 127. The third-order valence-electron chi connectivity index (χ3n) is 4.91. The molecule has 0 spiro atoms. The van der Waals surface area contributed by atoms with Gasteiger partial charge >= 0.3 is 0 Å². The van der Waals surface area contributed by atoms with Crippen LogP contribution in [0.1, 0.15) is 29.0 Å². The van der Waals surface area contributed by atoms with Gasteiger partial charge in [-0.2, -0.15) is 0 Å². The number of rotatable bonds is 6. The lowest BCUT2D eigenvalue weighted by molar-refractivity contribution is 0.0170. The predicted octanol–water partition coefficient (Wildman–Crippen LogP) is 2.79. The molecule has 0 radical (unpaired) electrons. The van der Waals surface area contributed by atoms with Crippen LogP contribution in [0.4, 0.5) is 4.39 Å². The van der Waals surface area contributed by atoms with Crippen molar-refractivity contribution in [3.05, 3.63) is 53.0 Å². The molecule has 2 heterocycles. The summed E-state index contributed by atoms with van der Waals surface area (Å²) in [6.07, 6.45) is 0. The van der Waals surface area contributed by atoms with Gasteiger partial charge in [-0.1, -0.05) is 12.1 Å². The van der Waals surface area contributed by atoms with Gasteiger partial charge in [-0.25, -0.2) is 9.37 Å². The number of ether oxygens (including phenoxy) is 1. The highest BCUT2D eigenvalue weighted by Crippen LogP contribution is 2.21. The van der Waals surface area contributed by atoms with Crippen LogP contribution in [-0.2, 0) is 11.3 Å². The molecule has 7 nitrogen and oxygen atoms in total. The minimum absolute atomic E-state index is 0. The molecule has 29 heavy (non-hydrogen) atoms. The van der Waals surface area contributed by atoms with Crippen LogP contribution >= 0.6 is 24.0 Å². The average Bonchev–Trinajstić information content (AvgIpc) is 3.04. The third-order valence-corrected chi connectivity index (χ3v) is 4.91. The average molecular weight is 517 g/mol. The van der Waals surface area contributed by atoms with Gasteiger partial charge in [0.1, 0.15) is 11.6 Å². The van der Waals surface area contributed by atoms with Crippen LogP contribution in [0, 0.1) is 19.7 Å². The second-order valence-electron chi connectivity index (χ2n) is 6.77. The number of halogens is 2. The molecule has 2 N–H and O–H groups in total. The van der Waals surface area contributed by atoms with Crippen molar-refractivity contribution in [1.29, 1.82) is 0 Å². The zero-order valence-corrected chi connectivity index (χ0v) is 19.4. The van der Waals surface area contributed by atoms with E-state index in [9.17, 15) is 4.39 Å². The number of guanidine groups is 1. The first kappa shape index (κ1) is 23.6. The normalized spacial score (nSPS) is 16.2. The van der Waals surface area contributed by atoms with E-state index < -0.39 is 0 Å². The van der Waals surface area contributed by atoms with Crippen LogP contribution in [-0.4, -0.2) is 55.7 Å². The van der Waals surface area contributed by atoms with E-state index in [-0.39, 0.29) is 35.8 Å². The summed E-state index contributed by atoms with van der Waals surface area (Å²) in [6.45, 7) is 7.98. The first-order chi connectivity index (χ1) is 13.6. The SMILES string of the molecule is CN=C(NCc1nc(C)c(C)o1)NCC(c1ccc(F)cc1)N1CCOCC1.I. The molecule has 2 aromatic rings. The maximum absolute atomic E-state index is 13.4. The van der Waals surface area contributed by atoms with Crippen LogP contribution in [0.2, 0.25) is 0 Å². The summed E-state index contributed by atoms with van der Waals surface area (Å²) < 4.78 is 24.4. The molecule has 1 fully saturated rings. The van der Waals surface area contributed by atoms with E-state index in [1.54, 1.807) is 7.05 Å². The summed E-state index contributed by atoms with van der Waals surface area (Å²) in [5.74, 6) is 1.88. The number of aryl methyl sites for hydroxylation is 2. The maximum Gasteiger partial charge on any atom is 0.214 e. The highest BCUT2D eigenvalue weighted by molar-refractivity contribution is 14.0. The summed E-state index contributed by atoms with van der Waals surface area (Å²) in [6, 6.07) is 6.78. The van der Waals surface area contributed by atoms with Crippen molar-refractivity contribution in [2.75, 3.05) is 39.9 Å². The standard InChI is InChI=1S/C20H28FN5O2.HI/c1-14-15(2)28-19(25-14)13-24-20(22-3)23-12-18(26-8-10-27-11-9-26)16-4-6-17(21)7-5-16;/h4-7,18H,8-13H2,1-3H3,(H2,22,23,24);1H. The number of nitrogens with one attached hydrogen (secondary N) is 2. The summed E-state index contributed by atoms with van der Waals surface area (Å²) in [7, 11) is 1.73. The van der Waals surface area contributed by atoms with E-state index in [1.807, 2.05) is 26.0 Å². The lowest BCUT2D eigenvalue weighted by Gasteiger charge is -2.35. The highest BCUT2D eigenvalue weighted by Gasteiger charge is 2.23. The van der Waals surface area contributed by atoms with E-state index in [0.717, 1.165) is 30.1 Å². The van der Waals surface area contributed by atoms with E-state index >= 15 is 0 Å². The van der Waals surface area contributed by atoms with Crippen molar-refractivity contribution in [2.45, 2.75) is 26.4 Å². The molecule has 0 amide bonds. The van der Waals surface area contributed by atoms with Gasteiger partial charge in [-0.15, -0.1) is 24.0 Å². The largest absolute Gasteiger partial charge is 0.444 e. The molecule has 1 saturated heterocycles. The quantitative estimate of drug-likeness (QED) is 0.349. The molecule has 3 rings (SSSR count). The Hall–Kier alpha value is -1.72. The van der Waals surface area contributed by atoms with E-state index in [4.69, 9.17) is 9.15 Å². The van der Waals surface area contributed by atoms with Crippen molar-refractivity contribution in [3.63, 3.8) is 0 Å². The van der Waals surface area contributed by atoms with Crippen LogP contribution in [0.15, 0.2) is 33.7 Å². The molecule has 1 aromatic heterocycles. The summed E-state index contributed by atoms with van der Waals surface area (Å²) >= 11 is 0. The van der Waals surface area contributed by atoms with Crippen LogP contribution in [0.25, 0.3) is 0 Å². The van der Waals surface area contributed by atoms with Gasteiger partial charge in [0.15, 0.2) is 5.96 Å². The monoisotopic (exact) mass is 517 g/mol. The number of nitrogens with zero attached hydrogens (tertiary/aromatic N) is 3. The Morgan fingerprint density at radius 3 is 2.48 bits per heavy atom. The Labute approximate surface area is 188 Å². The van der Waals surface area contributed by atoms with Gasteiger partial charge in [-0.05, 0) is 31.5 Å². The lowest BCUT2D eigenvalue weighted by atomic mass is 10.0. The van der Waals surface area contributed by atoms with Gasteiger partial charge in [0, 0.05) is 26.7 Å². The number of morpholine rings is 1. The zero-order chi connectivity index (χ0) is 19.9. The Bertz CT molecular complexity index is 771. The molecule has 9 heteroatoms. The molecule has 1 aliphatic heterocycles. The van der Waals surface area contributed by atoms with Crippen LogP contribution in [0.5, 0.6) is 0 Å². The van der Waals surface area contributed by atoms with E-state index in [2.05, 4.69) is 25.5 Å². The summed E-state index contributed by atoms with van der Waals surface area (Å²) in [5.41, 5.74) is 1.95. The van der Waals surface area contributed by atoms with Crippen LogP contribution in [0.3, 0.4) is 0 Å². The number of aliphatic imine (C=N–C) groups is 1. The zero-order valence-electron chi connectivity index (χ0n) is 17.1. The van der Waals surface area contributed by atoms with Gasteiger partial charge in [0.05, 0.1) is 31.5 Å². The van der Waals surface area contributed by atoms with E-state index in [0.29, 0.717) is 38.2 Å². The van der Waals surface area contributed by atoms with Gasteiger partial charge in [0.25, 0.3) is 0 Å². The van der Waals surface area contributed by atoms with Gasteiger partial charge < -0.3 is 19.8 Å². The van der Waals surface area contributed by atoms with Crippen molar-refractivity contribution in [2.24, 2.45) is 4.99 Å². The topological polar surface area (TPSA) is 74.9 Å². The molecule has 0 saturated carbocycles. The van der Waals surface area contributed by atoms with Gasteiger partial charge in [0.2, 0.25) is 5.89 Å². The predicted molar refractivity (Wildman–Crippen MR) is 121 cm³/mol. The molecule has 1 aliphatic rings. The molecule has 1 atom stereocenters. The molecular weight excluding hydrogens is 488 g/mol. The van der Waals surface area contributed by atoms with E-state index in [1.165, 1.54) is 12.1 Å². The minimum atomic E-state index is -0.230. The molecule has 1 unspecified atom stereocenters. The molecule has 0 aliphatic carbocycles. The number of aromatic nitrogens is 1. The first-order valence-corrected chi connectivity index (χ1v) is 9.51. The van der Waals surface area contributed by atoms with Crippen molar-refractivity contribution >= 4 is 29.9 Å². The molecule has 0 bridgehead atoms. The minimum Gasteiger partial charge on any atom is -0.444 e. The summed E-state index contributed by atoms with van der Waals surface area (Å²) in [4.78, 5) is 11.0. The molecular formula is C20H29FIN5O2. The van der Waals surface area contributed by atoms with Crippen molar-refractivity contribution < 1.29 is 13.5 Å². The Kier molecular flexibility index (Phi) is 9.31. The number of hydrogen-bond acceptors (Lipinski definition) is 5. The number of benzene rings is 1.